The molecule has 0 radical (unpaired) electrons. The summed E-state index contributed by atoms with van der Waals surface area (Å²) in [4.78, 5) is 11.4. The highest BCUT2D eigenvalue weighted by molar-refractivity contribution is 5.73. The molecule has 6 heteroatoms. The standard InChI is InChI=1S/C10H23N5O/c1-7-10(5,12-8(16)15(6)11)14-13-9(2,3)4/h7,11H2,1-6H3,(H,12,16)/b14-13+. The van der Waals surface area contributed by atoms with Crippen LogP contribution in [0.25, 0.3) is 0 Å². The fraction of sp³-hybridized carbons (Fsp3) is 0.900. The van der Waals surface area contributed by atoms with Gasteiger partial charge < -0.3 is 5.32 Å². The number of urea groups is 1. The topological polar surface area (TPSA) is 83.1 Å². The second kappa shape index (κ2) is 5.25. The lowest BCUT2D eigenvalue weighted by Gasteiger charge is -2.26. The highest BCUT2D eigenvalue weighted by atomic mass is 16.2. The first-order valence-electron chi connectivity index (χ1n) is 5.34. The zero-order valence-corrected chi connectivity index (χ0v) is 11.0. The Morgan fingerprint density at radius 1 is 1.31 bits per heavy atom. The van der Waals surface area contributed by atoms with Gasteiger partial charge in [0.25, 0.3) is 0 Å². The highest BCUT2D eigenvalue weighted by Gasteiger charge is 2.25. The molecule has 0 heterocycles. The summed E-state index contributed by atoms with van der Waals surface area (Å²) in [6, 6.07) is -0.378. The highest BCUT2D eigenvalue weighted by Crippen LogP contribution is 2.16. The average Bonchev–Trinajstić information content (AvgIpc) is 2.13. The van der Waals surface area contributed by atoms with Crippen molar-refractivity contribution in [1.29, 1.82) is 0 Å². The number of amides is 2. The number of carbonyl (C=O) groups excluding carboxylic acids is 1. The predicted molar refractivity (Wildman–Crippen MR) is 63.8 cm³/mol. The van der Waals surface area contributed by atoms with Gasteiger partial charge in [-0.3, -0.25) is 5.01 Å². The van der Waals surface area contributed by atoms with E-state index in [0.29, 0.717) is 6.42 Å². The van der Waals surface area contributed by atoms with Gasteiger partial charge in [-0.15, -0.1) is 0 Å². The van der Waals surface area contributed by atoms with Gasteiger partial charge in [-0.1, -0.05) is 6.92 Å². The van der Waals surface area contributed by atoms with Crippen LogP contribution >= 0.6 is 0 Å². The van der Waals surface area contributed by atoms with E-state index in [4.69, 9.17) is 5.84 Å². The normalized spacial score (nSPS) is 15.9. The number of hydrazine groups is 1. The molecule has 3 N–H and O–H groups in total. The van der Waals surface area contributed by atoms with E-state index in [2.05, 4.69) is 15.5 Å². The fourth-order valence-corrected chi connectivity index (χ4v) is 0.763. The Morgan fingerprint density at radius 3 is 2.12 bits per heavy atom. The van der Waals surface area contributed by atoms with Crippen molar-refractivity contribution in [3.63, 3.8) is 0 Å². The van der Waals surface area contributed by atoms with Crippen molar-refractivity contribution < 1.29 is 4.79 Å². The summed E-state index contributed by atoms with van der Waals surface area (Å²) in [5, 5.41) is 12.0. The third kappa shape index (κ3) is 5.65. The molecule has 0 spiro atoms. The van der Waals surface area contributed by atoms with Crippen molar-refractivity contribution in [3.8, 4) is 0 Å². The van der Waals surface area contributed by atoms with Gasteiger partial charge in [0.15, 0.2) is 5.66 Å². The molecule has 0 aromatic rings. The summed E-state index contributed by atoms with van der Waals surface area (Å²) in [5.74, 6) is 5.33. The molecule has 0 aliphatic heterocycles. The molecule has 0 aromatic carbocycles. The Labute approximate surface area is 97.3 Å². The number of nitrogens with one attached hydrogen (secondary N) is 1. The smallest absolute Gasteiger partial charge is 0.311 e. The van der Waals surface area contributed by atoms with Gasteiger partial charge in [0.05, 0.1) is 5.54 Å². The van der Waals surface area contributed by atoms with Crippen LogP contribution in [0.3, 0.4) is 0 Å². The molecule has 0 aromatic heterocycles. The zero-order chi connectivity index (χ0) is 13.0. The van der Waals surface area contributed by atoms with Crippen LogP contribution in [0.2, 0.25) is 0 Å². The first-order valence-corrected chi connectivity index (χ1v) is 5.34. The molecule has 0 saturated heterocycles. The minimum atomic E-state index is -0.710. The van der Waals surface area contributed by atoms with Gasteiger partial charge in [-0.2, -0.15) is 10.2 Å². The van der Waals surface area contributed by atoms with Crippen molar-refractivity contribution >= 4 is 6.03 Å². The average molecular weight is 229 g/mol. The van der Waals surface area contributed by atoms with Crippen LogP contribution in [-0.2, 0) is 0 Å². The van der Waals surface area contributed by atoms with Gasteiger partial charge >= 0.3 is 6.03 Å². The van der Waals surface area contributed by atoms with E-state index in [0.717, 1.165) is 5.01 Å². The molecule has 2 amide bonds. The lowest BCUT2D eigenvalue weighted by Crippen LogP contribution is -2.51. The van der Waals surface area contributed by atoms with Crippen molar-refractivity contribution in [1.82, 2.24) is 10.3 Å². The summed E-state index contributed by atoms with van der Waals surface area (Å²) in [6.07, 6.45) is 0.645. The molecule has 94 valence electrons. The van der Waals surface area contributed by atoms with E-state index in [1.807, 2.05) is 34.6 Å². The second-order valence-corrected chi connectivity index (χ2v) is 5.04. The Balaban J connectivity index is 4.67. The van der Waals surface area contributed by atoms with Gasteiger partial charge in [-0.25, -0.2) is 10.6 Å². The Kier molecular flexibility index (Phi) is 4.86. The molecule has 0 aliphatic rings. The molecule has 16 heavy (non-hydrogen) atoms. The Morgan fingerprint density at radius 2 is 1.81 bits per heavy atom. The molecule has 1 unspecified atom stereocenters. The summed E-state index contributed by atoms with van der Waals surface area (Å²) in [7, 11) is 1.48. The van der Waals surface area contributed by atoms with Gasteiger partial charge in [-0.05, 0) is 34.1 Å². The van der Waals surface area contributed by atoms with Crippen molar-refractivity contribution in [2.24, 2.45) is 16.1 Å². The maximum atomic E-state index is 11.4. The number of hydrogen-bond donors (Lipinski definition) is 2. The maximum absolute atomic E-state index is 11.4. The number of hydrogen-bond acceptors (Lipinski definition) is 4. The van der Waals surface area contributed by atoms with Crippen LogP contribution in [0.4, 0.5) is 4.79 Å². The largest absolute Gasteiger partial charge is 0.333 e. The number of azo groups is 1. The van der Waals surface area contributed by atoms with E-state index in [-0.39, 0.29) is 11.6 Å². The van der Waals surface area contributed by atoms with E-state index >= 15 is 0 Å². The van der Waals surface area contributed by atoms with E-state index in [1.165, 1.54) is 7.05 Å². The third-order valence-corrected chi connectivity index (χ3v) is 1.96. The summed E-state index contributed by atoms with van der Waals surface area (Å²) >= 11 is 0. The van der Waals surface area contributed by atoms with Gasteiger partial charge in [0.2, 0.25) is 0 Å². The second-order valence-electron chi connectivity index (χ2n) is 5.04. The molecular formula is C10H23N5O. The van der Waals surface area contributed by atoms with E-state index in [1.54, 1.807) is 0 Å². The number of nitrogens with zero attached hydrogens (tertiary/aromatic N) is 3. The Bertz CT molecular complexity index is 269. The SMILES string of the molecule is CCC(C)(/N=N/C(C)(C)C)NC(=O)N(C)N. The van der Waals surface area contributed by atoms with Gasteiger partial charge in [0, 0.05) is 7.05 Å². The summed E-state index contributed by atoms with van der Waals surface area (Å²) in [5.41, 5.74) is -0.965. The minimum absolute atomic E-state index is 0.254. The molecule has 0 aliphatic carbocycles. The lowest BCUT2D eigenvalue weighted by atomic mass is 10.1. The molecule has 1 atom stereocenters. The van der Waals surface area contributed by atoms with Crippen LogP contribution in [0.1, 0.15) is 41.0 Å². The van der Waals surface area contributed by atoms with Crippen molar-refractivity contribution in [3.05, 3.63) is 0 Å². The lowest BCUT2D eigenvalue weighted by molar-refractivity contribution is 0.193. The molecule has 0 rings (SSSR count). The minimum Gasteiger partial charge on any atom is -0.311 e. The van der Waals surface area contributed by atoms with Crippen LogP contribution in [0.5, 0.6) is 0 Å². The quantitative estimate of drug-likeness (QED) is 0.335. The molecule has 0 bridgehead atoms. The zero-order valence-electron chi connectivity index (χ0n) is 11.0. The summed E-state index contributed by atoms with van der Waals surface area (Å²) < 4.78 is 0. The predicted octanol–water partition coefficient (Wildman–Crippen LogP) is 1.88. The monoisotopic (exact) mass is 229 g/mol. The first-order chi connectivity index (χ1) is 7.09. The van der Waals surface area contributed by atoms with Crippen LogP contribution < -0.4 is 11.2 Å². The maximum Gasteiger partial charge on any atom is 0.333 e. The van der Waals surface area contributed by atoms with Crippen molar-refractivity contribution in [2.45, 2.75) is 52.2 Å². The first kappa shape index (κ1) is 14.8. The van der Waals surface area contributed by atoms with E-state index in [9.17, 15) is 4.79 Å². The molecular weight excluding hydrogens is 206 g/mol. The number of nitrogens with two attached hydrogens (primary N) is 1. The molecule has 0 saturated carbocycles. The van der Waals surface area contributed by atoms with Crippen LogP contribution in [0, 0.1) is 0 Å². The molecule has 0 fully saturated rings. The van der Waals surface area contributed by atoms with Crippen LogP contribution in [-0.4, -0.2) is 29.3 Å². The Hall–Kier alpha value is -1.17. The van der Waals surface area contributed by atoms with Gasteiger partial charge in [0.1, 0.15) is 0 Å². The number of carbonyl (C=O) groups is 1. The van der Waals surface area contributed by atoms with E-state index < -0.39 is 5.66 Å². The summed E-state index contributed by atoms with van der Waals surface area (Å²) in [6.45, 7) is 9.58. The van der Waals surface area contributed by atoms with Crippen LogP contribution in [0.15, 0.2) is 10.2 Å². The molecule has 6 nitrogen and oxygen atoms in total. The van der Waals surface area contributed by atoms with Crippen molar-refractivity contribution in [2.75, 3.05) is 7.05 Å². The number of rotatable bonds is 3. The fourth-order valence-electron chi connectivity index (χ4n) is 0.763. The third-order valence-electron chi connectivity index (χ3n) is 1.96.